The van der Waals surface area contributed by atoms with Crippen LogP contribution >= 0.6 is 11.6 Å². The van der Waals surface area contributed by atoms with E-state index in [4.69, 9.17) is 21.1 Å². The molecule has 0 aromatic heterocycles. The normalized spacial score (nSPS) is 10.1. The van der Waals surface area contributed by atoms with E-state index < -0.39 is 0 Å². The summed E-state index contributed by atoms with van der Waals surface area (Å²) in [6.07, 6.45) is 2.57. The van der Waals surface area contributed by atoms with Crippen molar-refractivity contribution in [3.8, 4) is 11.5 Å². The molecule has 2 aromatic carbocycles. The lowest BCUT2D eigenvalue weighted by Gasteiger charge is -2.12. The molecule has 0 bridgehead atoms. The van der Waals surface area contributed by atoms with Gasteiger partial charge in [-0.3, -0.25) is 4.79 Å². The van der Waals surface area contributed by atoms with Crippen LogP contribution in [0.2, 0.25) is 5.02 Å². The zero-order chi connectivity index (χ0) is 17.4. The second kappa shape index (κ2) is 8.99. The third kappa shape index (κ3) is 5.32. The van der Waals surface area contributed by atoms with E-state index >= 15 is 0 Å². The molecule has 0 saturated carbocycles. The number of rotatable bonds is 8. The SMILES string of the molecule is C=CCc1ccc(OCC(=O)NCc2ccc(Cl)cc2)c(OC)c1. The molecule has 0 radical (unpaired) electrons. The van der Waals surface area contributed by atoms with E-state index in [9.17, 15) is 4.79 Å². The predicted octanol–water partition coefficient (Wildman–Crippen LogP) is 3.77. The van der Waals surface area contributed by atoms with Crippen molar-refractivity contribution in [2.24, 2.45) is 0 Å². The van der Waals surface area contributed by atoms with Crippen LogP contribution in [0.15, 0.2) is 55.1 Å². The van der Waals surface area contributed by atoms with Gasteiger partial charge in [-0.1, -0.05) is 35.9 Å². The van der Waals surface area contributed by atoms with E-state index in [1.807, 2.05) is 30.3 Å². The quantitative estimate of drug-likeness (QED) is 0.741. The van der Waals surface area contributed by atoms with Crippen LogP contribution in [0.5, 0.6) is 11.5 Å². The van der Waals surface area contributed by atoms with Gasteiger partial charge >= 0.3 is 0 Å². The minimum atomic E-state index is -0.206. The first kappa shape index (κ1) is 17.9. The Kier molecular flexibility index (Phi) is 6.70. The Morgan fingerprint density at radius 1 is 1.17 bits per heavy atom. The fourth-order valence-electron chi connectivity index (χ4n) is 2.12. The molecule has 0 fully saturated rings. The molecule has 2 rings (SSSR count). The zero-order valence-corrected chi connectivity index (χ0v) is 14.3. The maximum Gasteiger partial charge on any atom is 0.258 e. The maximum atomic E-state index is 11.9. The number of methoxy groups -OCH3 is 1. The number of allylic oxidation sites excluding steroid dienone is 1. The molecule has 0 heterocycles. The van der Waals surface area contributed by atoms with E-state index in [0.29, 0.717) is 23.1 Å². The van der Waals surface area contributed by atoms with Gasteiger partial charge in [-0.2, -0.15) is 0 Å². The highest BCUT2D eigenvalue weighted by Crippen LogP contribution is 2.28. The van der Waals surface area contributed by atoms with Gasteiger partial charge in [-0.05, 0) is 41.8 Å². The fraction of sp³-hybridized carbons (Fsp3) is 0.211. The van der Waals surface area contributed by atoms with Gasteiger partial charge in [-0.25, -0.2) is 0 Å². The number of hydrogen-bond donors (Lipinski definition) is 1. The van der Waals surface area contributed by atoms with Gasteiger partial charge in [0.05, 0.1) is 7.11 Å². The molecule has 0 aliphatic heterocycles. The minimum Gasteiger partial charge on any atom is -0.493 e. The van der Waals surface area contributed by atoms with Crippen molar-refractivity contribution in [3.05, 3.63) is 71.3 Å². The number of amides is 1. The van der Waals surface area contributed by atoms with Gasteiger partial charge in [-0.15, -0.1) is 6.58 Å². The molecule has 1 amide bonds. The average molecular weight is 346 g/mol. The van der Waals surface area contributed by atoms with Gasteiger partial charge in [0.1, 0.15) is 0 Å². The molecule has 4 nitrogen and oxygen atoms in total. The largest absolute Gasteiger partial charge is 0.493 e. The van der Waals surface area contributed by atoms with Gasteiger partial charge in [0.15, 0.2) is 18.1 Å². The lowest BCUT2D eigenvalue weighted by atomic mass is 10.1. The molecule has 126 valence electrons. The van der Waals surface area contributed by atoms with Crippen molar-refractivity contribution in [1.82, 2.24) is 5.32 Å². The monoisotopic (exact) mass is 345 g/mol. The second-order valence-corrected chi connectivity index (χ2v) is 5.61. The molecule has 0 atom stereocenters. The Morgan fingerprint density at radius 2 is 1.88 bits per heavy atom. The number of benzene rings is 2. The van der Waals surface area contributed by atoms with Gasteiger partial charge in [0.2, 0.25) is 0 Å². The summed E-state index contributed by atoms with van der Waals surface area (Å²) in [4.78, 5) is 11.9. The smallest absolute Gasteiger partial charge is 0.258 e. The van der Waals surface area contributed by atoms with Crippen molar-refractivity contribution >= 4 is 17.5 Å². The Balaban J connectivity index is 1.86. The van der Waals surface area contributed by atoms with Crippen LogP contribution in [0, 0.1) is 0 Å². The van der Waals surface area contributed by atoms with E-state index in [1.54, 1.807) is 25.3 Å². The minimum absolute atomic E-state index is 0.0786. The van der Waals surface area contributed by atoms with Crippen LogP contribution in [0.1, 0.15) is 11.1 Å². The Morgan fingerprint density at radius 3 is 2.54 bits per heavy atom. The lowest BCUT2D eigenvalue weighted by Crippen LogP contribution is -2.28. The third-order valence-electron chi connectivity index (χ3n) is 3.37. The van der Waals surface area contributed by atoms with Gasteiger partial charge in [0.25, 0.3) is 5.91 Å². The first-order valence-corrected chi connectivity index (χ1v) is 7.92. The summed E-state index contributed by atoms with van der Waals surface area (Å²) < 4.78 is 10.8. The van der Waals surface area contributed by atoms with Crippen LogP contribution in [0.4, 0.5) is 0 Å². The Hall–Kier alpha value is -2.46. The number of carbonyl (C=O) groups is 1. The molecular weight excluding hydrogens is 326 g/mol. The first-order valence-electron chi connectivity index (χ1n) is 7.54. The van der Waals surface area contributed by atoms with Crippen molar-refractivity contribution < 1.29 is 14.3 Å². The summed E-state index contributed by atoms with van der Waals surface area (Å²) in [5, 5.41) is 3.46. The molecule has 0 spiro atoms. The van der Waals surface area contributed by atoms with Crippen LogP contribution in [0.3, 0.4) is 0 Å². The summed E-state index contributed by atoms with van der Waals surface area (Å²) >= 11 is 5.83. The van der Waals surface area contributed by atoms with E-state index in [1.165, 1.54) is 0 Å². The summed E-state index contributed by atoms with van der Waals surface area (Å²) in [7, 11) is 1.57. The molecule has 0 aliphatic carbocycles. The summed E-state index contributed by atoms with van der Waals surface area (Å²) in [6.45, 7) is 4.06. The number of nitrogens with one attached hydrogen (secondary N) is 1. The molecule has 2 aromatic rings. The highest BCUT2D eigenvalue weighted by atomic mass is 35.5. The van der Waals surface area contributed by atoms with Crippen LogP contribution in [0.25, 0.3) is 0 Å². The van der Waals surface area contributed by atoms with Crippen LogP contribution < -0.4 is 14.8 Å². The number of carbonyl (C=O) groups excluding carboxylic acids is 1. The summed E-state index contributed by atoms with van der Waals surface area (Å²) in [6, 6.07) is 12.9. The lowest BCUT2D eigenvalue weighted by molar-refractivity contribution is -0.123. The zero-order valence-electron chi connectivity index (χ0n) is 13.5. The van der Waals surface area contributed by atoms with Gasteiger partial charge in [0, 0.05) is 11.6 Å². The van der Waals surface area contributed by atoms with Crippen LogP contribution in [-0.2, 0) is 17.8 Å². The van der Waals surface area contributed by atoms with Crippen LogP contribution in [-0.4, -0.2) is 19.6 Å². The number of halogens is 1. The fourth-order valence-corrected chi connectivity index (χ4v) is 2.25. The summed E-state index contributed by atoms with van der Waals surface area (Å²) in [5.74, 6) is 0.925. The second-order valence-electron chi connectivity index (χ2n) is 5.17. The molecule has 24 heavy (non-hydrogen) atoms. The highest BCUT2D eigenvalue weighted by molar-refractivity contribution is 6.30. The molecule has 0 aliphatic rings. The van der Waals surface area contributed by atoms with Crippen molar-refractivity contribution in [3.63, 3.8) is 0 Å². The highest BCUT2D eigenvalue weighted by Gasteiger charge is 2.08. The van der Waals surface area contributed by atoms with Crippen molar-refractivity contribution in [2.75, 3.05) is 13.7 Å². The summed E-state index contributed by atoms with van der Waals surface area (Å²) in [5.41, 5.74) is 2.04. The number of ether oxygens (including phenoxy) is 2. The Labute approximate surface area is 147 Å². The third-order valence-corrected chi connectivity index (χ3v) is 3.62. The van der Waals surface area contributed by atoms with E-state index in [-0.39, 0.29) is 12.5 Å². The maximum absolute atomic E-state index is 11.9. The molecule has 0 saturated heterocycles. The molecule has 0 unspecified atom stereocenters. The standard InChI is InChI=1S/C19H20ClNO3/c1-3-4-14-7-10-17(18(11-14)23-2)24-13-19(22)21-12-15-5-8-16(20)9-6-15/h3,5-11H,1,4,12-13H2,2H3,(H,21,22). The predicted molar refractivity (Wildman–Crippen MR) is 95.7 cm³/mol. The number of hydrogen-bond acceptors (Lipinski definition) is 3. The first-order chi connectivity index (χ1) is 11.6. The van der Waals surface area contributed by atoms with Gasteiger partial charge < -0.3 is 14.8 Å². The molecule has 5 heteroatoms. The molecular formula is C19H20ClNO3. The molecule has 1 N–H and O–H groups in total. The topological polar surface area (TPSA) is 47.6 Å². The van der Waals surface area contributed by atoms with Crippen molar-refractivity contribution in [2.45, 2.75) is 13.0 Å². The van der Waals surface area contributed by atoms with E-state index in [2.05, 4.69) is 11.9 Å². The Bertz CT molecular complexity index is 698. The van der Waals surface area contributed by atoms with E-state index in [0.717, 1.165) is 17.5 Å². The van der Waals surface area contributed by atoms with Crippen molar-refractivity contribution in [1.29, 1.82) is 0 Å². The average Bonchev–Trinajstić information content (AvgIpc) is 2.60.